The van der Waals surface area contributed by atoms with E-state index in [1.165, 1.54) is 28.6 Å². The molecule has 170 valence electrons. The van der Waals surface area contributed by atoms with Gasteiger partial charge in [-0.1, -0.05) is 29.9 Å². The summed E-state index contributed by atoms with van der Waals surface area (Å²) in [6.45, 7) is 3.48. The molecule has 0 aromatic heterocycles. The molecule has 32 heavy (non-hydrogen) atoms. The molecule has 0 saturated carbocycles. The van der Waals surface area contributed by atoms with Crippen molar-refractivity contribution in [1.82, 2.24) is 5.06 Å². The highest BCUT2D eigenvalue weighted by Gasteiger charge is 2.34. The van der Waals surface area contributed by atoms with Crippen LogP contribution >= 0.6 is 23.8 Å². The van der Waals surface area contributed by atoms with Crippen LogP contribution in [-0.2, 0) is 9.57 Å². The van der Waals surface area contributed by atoms with Gasteiger partial charge in [0.2, 0.25) is 0 Å². The van der Waals surface area contributed by atoms with Crippen molar-refractivity contribution in [3.63, 3.8) is 0 Å². The molecule has 1 amide bonds. The van der Waals surface area contributed by atoms with E-state index in [1.807, 2.05) is 29.2 Å². The summed E-state index contributed by atoms with van der Waals surface area (Å²) in [6.07, 6.45) is -0.943. The first-order valence-corrected chi connectivity index (χ1v) is 11.1. The minimum absolute atomic E-state index is 0.291. The third kappa shape index (κ3) is 4.90. The van der Waals surface area contributed by atoms with E-state index in [0.29, 0.717) is 42.6 Å². The lowest BCUT2D eigenvalue weighted by Crippen LogP contribution is -2.46. The van der Waals surface area contributed by atoms with Crippen LogP contribution in [0.5, 0.6) is 0 Å². The van der Waals surface area contributed by atoms with Crippen molar-refractivity contribution in [2.24, 2.45) is 0 Å². The molecule has 2 fully saturated rings. The molecule has 7 nitrogen and oxygen atoms in total. The average Bonchev–Trinajstić information content (AvgIpc) is 3.17. The topological polar surface area (TPSA) is 48.5 Å². The highest BCUT2D eigenvalue weighted by molar-refractivity contribution is 7.78. The third-order valence-corrected chi connectivity index (χ3v) is 6.12. The number of piperazine rings is 1. The summed E-state index contributed by atoms with van der Waals surface area (Å²) in [6, 6.07) is 12.6. The number of hydroxylamine groups is 2. The molecular weight excluding hydrogens is 455 g/mol. The molecule has 1 atom stereocenters. The van der Waals surface area contributed by atoms with E-state index in [0.717, 1.165) is 18.8 Å². The van der Waals surface area contributed by atoms with Crippen LogP contribution in [-0.4, -0.2) is 69.1 Å². The first-order chi connectivity index (χ1) is 15.5. The van der Waals surface area contributed by atoms with Crippen LogP contribution in [0, 0.1) is 5.82 Å². The van der Waals surface area contributed by atoms with Crippen molar-refractivity contribution in [2.45, 2.75) is 6.10 Å². The number of hydrogen-bond acceptors (Lipinski definition) is 6. The molecule has 2 aliphatic heterocycles. The smallest absolute Gasteiger partial charge is 0.414 e. The van der Waals surface area contributed by atoms with Crippen molar-refractivity contribution < 1.29 is 18.8 Å². The number of thiocarbonyl (C=S) groups is 1. The van der Waals surface area contributed by atoms with E-state index in [-0.39, 0.29) is 5.82 Å². The largest absolute Gasteiger partial charge is 0.442 e. The van der Waals surface area contributed by atoms with Gasteiger partial charge in [-0.3, -0.25) is 9.74 Å². The average molecular weight is 479 g/mol. The molecule has 2 aromatic rings. The van der Waals surface area contributed by atoms with Gasteiger partial charge in [-0.15, -0.1) is 0 Å². The fourth-order valence-electron chi connectivity index (χ4n) is 3.99. The van der Waals surface area contributed by atoms with E-state index in [4.69, 9.17) is 33.4 Å². The van der Waals surface area contributed by atoms with Crippen LogP contribution in [0.4, 0.5) is 26.2 Å². The van der Waals surface area contributed by atoms with Crippen LogP contribution in [0.2, 0.25) is 5.02 Å². The Hall–Kier alpha value is -2.62. The van der Waals surface area contributed by atoms with Gasteiger partial charge in [-0.25, -0.2) is 14.2 Å². The summed E-state index contributed by atoms with van der Waals surface area (Å²) in [5.74, 6) is -0.368. The first kappa shape index (κ1) is 22.6. The van der Waals surface area contributed by atoms with E-state index >= 15 is 4.39 Å². The summed E-state index contributed by atoms with van der Waals surface area (Å²) in [4.78, 5) is 23.0. The van der Waals surface area contributed by atoms with Crippen molar-refractivity contribution in [3.8, 4) is 0 Å². The van der Waals surface area contributed by atoms with Crippen LogP contribution in [0.1, 0.15) is 0 Å². The van der Waals surface area contributed by atoms with Gasteiger partial charge in [0.05, 0.1) is 37.1 Å². The van der Waals surface area contributed by atoms with Gasteiger partial charge in [0, 0.05) is 36.9 Å². The maximum atomic E-state index is 15.0. The third-order valence-electron chi connectivity index (χ3n) is 5.65. The molecule has 2 saturated heterocycles. The molecule has 2 aromatic carbocycles. The number of cyclic esters (lactones) is 1. The molecule has 0 spiro atoms. The van der Waals surface area contributed by atoms with Gasteiger partial charge >= 0.3 is 6.09 Å². The second-order valence-electron chi connectivity index (χ2n) is 7.59. The Balaban J connectivity index is 1.40. The molecule has 0 radical (unpaired) electrons. The summed E-state index contributed by atoms with van der Waals surface area (Å²) < 4.78 is 20.4. The minimum atomic E-state index is -0.516. The standard InChI is InChI=1S/C22H24ClFN4O3S/c1-30-27(15-32)13-19-14-28(22(29)31-19)18-5-6-21(20(24)12-18)26-9-7-25(8-10-26)17-4-2-3-16(23)11-17/h2-6,11-12,15,19H,7-10,13-14H2,1H3/t19-/m0/s1. The Morgan fingerprint density at radius 1 is 1.19 bits per heavy atom. The van der Waals surface area contributed by atoms with Crippen molar-refractivity contribution >= 4 is 52.5 Å². The number of halogens is 2. The van der Waals surface area contributed by atoms with E-state index in [9.17, 15) is 4.79 Å². The highest BCUT2D eigenvalue weighted by Crippen LogP contribution is 2.29. The normalized spacial score (nSPS) is 18.7. The molecule has 2 heterocycles. The number of nitrogens with zero attached hydrogens (tertiary/aromatic N) is 4. The molecule has 10 heteroatoms. The van der Waals surface area contributed by atoms with Gasteiger partial charge < -0.3 is 14.5 Å². The predicted octanol–water partition coefficient (Wildman–Crippen LogP) is 3.95. The van der Waals surface area contributed by atoms with E-state index in [2.05, 4.69) is 4.90 Å². The van der Waals surface area contributed by atoms with Crippen molar-refractivity contribution in [3.05, 3.63) is 53.3 Å². The molecule has 0 unspecified atom stereocenters. The Kier molecular flexibility index (Phi) is 6.98. The van der Waals surface area contributed by atoms with Crippen molar-refractivity contribution in [2.75, 3.05) is 61.1 Å². The molecule has 0 N–H and O–H groups in total. The number of ether oxygens (including phenoxy) is 1. The zero-order valence-corrected chi connectivity index (χ0v) is 19.2. The number of amides is 1. The lowest BCUT2D eigenvalue weighted by molar-refractivity contribution is -0.0755. The first-order valence-electron chi connectivity index (χ1n) is 10.3. The predicted molar refractivity (Wildman–Crippen MR) is 127 cm³/mol. The number of anilines is 3. The molecular formula is C22H24ClFN4O3S. The summed E-state index contributed by atoms with van der Waals surface area (Å²) in [7, 11) is 1.49. The second-order valence-corrected chi connectivity index (χ2v) is 8.24. The Labute approximate surface area is 196 Å². The molecule has 0 bridgehead atoms. The summed E-state index contributed by atoms with van der Waals surface area (Å²) in [5, 5.41) is 2.11. The van der Waals surface area contributed by atoms with Gasteiger partial charge in [0.15, 0.2) is 0 Å². The number of benzene rings is 2. The maximum Gasteiger partial charge on any atom is 0.414 e. The summed E-state index contributed by atoms with van der Waals surface area (Å²) in [5.41, 5.74) is 3.39. The molecule has 2 aliphatic rings. The zero-order valence-electron chi connectivity index (χ0n) is 17.6. The van der Waals surface area contributed by atoms with Gasteiger partial charge in [-0.05, 0) is 36.4 Å². The van der Waals surface area contributed by atoms with Gasteiger partial charge in [-0.2, -0.15) is 0 Å². The zero-order chi connectivity index (χ0) is 22.7. The lowest BCUT2D eigenvalue weighted by Gasteiger charge is -2.37. The lowest BCUT2D eigenvalue weighted by atomic mass is 10.2. The van der Waals surface area contributed by atoms with Crippen LogP contribution in [0.15, 0.2) is 42.5 Å². The quantitative estimate of drug-likeness (QED) is 0.441. The van der Waals surface area contributed by atoms with Gasteiger partial charge in [0.25, 0.3) is 0 Å². The summed E-state index contributed by atoms with van der Waals surface area (Å²) >= 11 is 11.0. The number of carbonyl (C=O) groups is 1. The van der Waals surface area contributed by atoms with Crippen LogP contribution in [0.3, 0.4) is 0 Å². The highest BCUT2D eigenvalue weighted by atomic mass is 35.5. The Morgan fingerprint density at radius 3 is 2.59 bits per heavy atom. The van der Waals surface area contributed by atoms with Crippen molar-refractivity contribution in [1.29, 1.82) is 0 Å². The van der Waals surface area contributed by atoms with E-state index in [1.54, 1.807) is 12.1 Å². The molecule has 0 aliphatic carbocycles. The molecule has 4 rings (SSSR count). The second kappa shape index (κ2) is 9.89. The fourth-order valence-corrected chi connectivity index (χ4v) is 4.34. The number of carbonyl (C=O) groups excluding carboxylic acids is 1. The van der Waals surface area contributed by atoms with Gasteiger partial charge in [0.1, 0.15) is 11.9 Å². The fraction of sp³-hybridized carbons (Fsp3) is 0.364. The van der Waals surface area contributed by atoms with E-state index < -0.39 is 12.2 Å². The Bertz CT molecular complexity index is 989. The monoisotopic (exact) mass is 478 g/mol. The minimum Gasteiger partial charge on any atom is -0.442 e. The SMILES string of the molecule is CON(C=S)C[C@H]1CN(c2ccc(N3CCN(c4cccc(Cl)c4)CC3)c(F)c2)C(=O)O1. The van der Waals surface area contributed by atoms with Crippen LogP contribution in [0.25, 0.3) is 0 Å². The maximum absolute atomic E-state index is 15.0. The van der Waals surface area contributed by atoms with Crippen LogP contribution < -0.4 is 14.7 Å². The number of rotatable bonds is 7. The number of hydrogen-bond donors (Lipinski definition) is 0. The Morgan fingerprint density at radius 2 is 1.94 bits per heavy atom.